The second-order valence-corrected chi connectivity index (χ2v) is 6.75. The first kappa shape index (κ1) is 15.1. The van der Waals surface area contributed by atoms with Crippen LogP contribution in [0.5, 0.6) is 0 Å². The average molecular weight is 270 g/mol. The predicted molar refractivity (Wildman–Crippen MR) is 74.7 cm³/mol. The quantitative estimate of drug-likeness (QED) is 0.854. The van der Waals surface area contributed by atoms with Crippen LogP contribution in [0.4, 0.5) is 0 Å². The molecule has 0 heterocycles. The summed E-state index contributed by atoms with van der Waals surface area (Å²) < 4.78 is 24.4. The van der Waals surface area contributed by atoms with E-state index in [1.807, 2.05) is 24.3 Å². The highest BCUT2D eigenvalue weighted by molar-refractivity contribution is 7.88. The van der Waals surface area contributed by atoms with E-state index in [1.54, 1.807) is 0 Å². The van der Waals surface area contributed by atoms with E-state index < -0.39 is 10.0 Å². The van der Waals surface area contributed by atoms with E-state index in [4.69, 9.17) is 0 Å². The Kier molecular flexibility index (Phi) is 5.31. The number of hydrogen-bond donors (Lipinski definition) is 1. The Labute approximate surface area is 110 Å². The maximum absolute atomic E-state index is 11.0. The summed E-state index contributed by atoms with van der Waals surface area (Å²) in [7, 11) is -1.03. The van der Waals surface area contributed by atoms with Gasteiger partial charge in [-0.1, -0.05) is 24.3 Å². The van der Waals surface area contributed by atoms with Gasteiger partial charge in [0.15, 0.2) is 0 Å². The van der Waals surface area contributed by atoms with Crippen LogP contribution in [-0.2, 0) is 23.1 Å². The fraction of sp³-hybridized carbons (Fsp3) is 0.538. The number of hydrogen-bond acceptors (Lipinski definition) is 3. The molecule has 0 aliphatic rings. The van der Waals surface area contributed by atoms with Crippen LogP contribution in [0.3, 0.4) is 0 Å². The van der Waals surface area contributed by atoms with E-state index in [2.05, 4.69) is 30.5 Å². The first-order chi connectivity index (χ1) is 8.28. The van der Waals surface area contributed by atoms with Gasteiger partial charge >= 0.3 is 0 Å². The van der Waals surface area contributed by atoms with Gasteiger partial charge in [-0.3, -0.25) is 4.90 Å². The number of nitrogens with zero attached hydrogens (tertiary/aromatic N) is 1. The van der Waals surface area contributed by atoms with Gasteiger partial charge in [0.25, 0.3) is 0 Å². The van der Waals surface area contributed by atoms with E-state index in [9.17, 15) is 8.42 Å². The SMILES string of the molecule is CC(C)N(C)Cc1ccc(CNS(C)(=O)=O)cc1. The van der Waals surface area contributed by atoms with Gasteiger partial charge in [0.05, 0.1) is 6.26 Å². The Hall–Kier alpha value is -0.910. The normalized spacial score (nSPS) is 12.3. The highest BCUT2D eigenvalue weighted by Gasteiger charge is 2.05. The van der Waals surface area contributed by atoms with Crippen molar-refractivity contribution in [3.05, 3.63) is 35.4 Å². The minimum atomic E-state index is -3.12. The third-order valence-corrected chi connectivity index (χ3v) is 3.54. The molecule has 0 fully saturated rings. The summed E-state index contributed by atoms with van der Waals surface area (Å²) >= 11 is 0. The molecule has 4 nitrogen and oxygen atoms in total. The molecule has 1 rings (SSSR count). The van der Waals surface area contributed by atoms with Gasteiger partial charge in [0.2, 0.25) is 10.0 Å². The maximum atomic E-state index is 11.0. The molecule has 18 heavy (non-hydrogen) atoms. The van der Waals surface area contributed by atoms with Crippen molar-refractivity contribution in [1.29, 1.82) is 0 Å². The molecule has 0 aliphatic carbocycles. The van der Waals surface area contributed by atoms with Crippen molar-refractivity contribution in [2.45, 2.75) is 33.0 Å². The smallest absolute Gasteiger partial charge is 0.209 e. The zero-order valence-corrected chi connectivity index (χ0v) is 12.3. The van der Waals surface area contributed by atoms with Crippen molar-refractivity contribution in [3.8, 4) is 0 Å². The van der Waals surface area contributed by atoms with Crippen molar-refractivity contribution in [2.75, 3.05) is 13.3 Å². The number of nitrogens with one attached hydrogen (secondary N) is 1. The molecule has 0 spiro atoms. The van der Waals surface area contributed by atoms with Crippen LogP contribution in [0.25, 0.3) is 0 Å². The number of rotatable bonds is 6. The van der Waals surface area contributed by atoms with E-state index in [1.165, 1.54) is 11.8 Å². The molecule has 0 unspecified atom stereocenters. The van der Waals surface area contributed by atoms with E-state index in [0.717, 1.165) is 12.1 Å². The van der Waals surface area contributed by atoms with Gasteiger partial charge in [0.1, 0.15) is 0 Å². The predicted octanol–water partition coefficient (Wildman–Crippen LogP) is 1.58. The number of sulfonamides is 1. The fourth-order valence-corrected chi connectivity index (χ4v) is 1.88. The third-order valence-electron chi connectivity index (χ3n) is 2.87. The Bertz CT molecular complexity index is 466. The number of benzene rings is 1. The van der Waals surface area contributed by atoms with Crippen LogP contribution in [0.1, 0.15) is 25.0 Å². The minimum Gasteiger partial charge on any atom is -0.300 e. The molecular weight excluding hydrogens is 248 g/mol. The molecule has 0 aliphatic heterocycles. The molecule has 1 aromatic rings. The summed E-state index contributed by atoms with van der Waals surface area (Å²) in [5.41, 5.74) is 2.20. The molecule has 1 aromatic carbocycles. The zero-order valence-electron chi connectivity index (χ0n) is 11.5. The summed E-state index contributed by atoms with van der Waals surface area (Å²) in [5.74, 6) is 0. The highest BCUT2D eigenvalue weighted by atomic mass is 32.2. The van der Waals surface area contributed by atoms with Crippen LogP contribution in [0.2, 0.25) is 0 Å². The van der Waals surface area contributed by atoms with Gasteiger partial charge in [-0.05, 0) is 32.0 Å². The standard InChI is InChI=1S/C13H22N2O2S/c1-11(2)15(3)10-13-7-5-12(6-8-13)9-14-18(4,16)17/h5-8,11,14H,9-10H2,1-4H3. The Balaban J connectivity index is 2.58. The molecule has 0 aromatic heterocycles. The molecule has 0 radical (unpaired) electrons. The summed E-state index contributed by atoms with van der Waals surface area (Å²) in [6.45, 7) is 5.56. The second kappa shape index (κ2) is 6.31. The molecule has 102 valence electrons. The van der Waals surface area contributed by atoms with Crippen molar-refractivity contribution in [3.63, 3.8) is 0 Å². The van der Waals surface area contributed by atoms with Crippen LogP contribution >= 0.6 is 0 Å². The zero-order chi connectivity index (χ0) is 13.8. The molecule has 1 N–H and O–H groups in total. The first-order valence-electron chi connectivity index (χ1n) is 6.00. The minimum absolute atomic E-state index is 0.346. The molecule has 0 atom stereocenters. The highest BCUT2D eigenvalue weighted by Crippen LogP contribution is 2.08. The van der Waals surface area contributed by atoms with Crippen LogP contribution < -0.4 is 4.72 Å². The van der Waals surface area contributed by atoms with E-state index in [-0.39, 0.29) is 0 Å². The lowest BCUT2D eigenvalue weighted by Crippen LogP contribution is -2.25. The van der Waals surface area contributed by atoms with Crippen molar-refractivity contribution in [1.82, 2.24) is 9.62 Å². The Morgan fingerprint density at radius 2 is 1.67 bits per heavy atom. The topological polar surface area (TPSA) is 49.4 Å². The molecule has 0 saturated heterocycles. The lowest BCUT2D eigenvalue weighted by molar-refractivity contribution is 0.266. The molecule has 0 saturated carbocycles. The lowest BCUT2D eigenvalue weighted by Gasteiger charge is -2.21. The largest absolute Gasteiger partial charge is 0.300 e. The first-order valence-corrected chi connectivity index (χ1v) is 7.90. The molecule has 5 heteroatoms. The summed E-state index contributed by atoms with van der Waals surface area (Å²) in [6, 6.07) is 8.51. The summed E-state index contributed by atoms with van der Waals surface area (Å²) in [4.78, 5) is 2.25. The van der Waals surface area contributed by atoms with Gasteiger partial charge < -0.3 is 0 Å². The molecule has 0 bridgehead atoms. The van der Waals surface area contributed by atoms with Gasteiger partial charge in [-0.15, -0.1) is 0 Å². The molecule has 0 amide bonds. The lowest BCUT2D eigenvalue weighted by atomic mass is 10.1. The van der Waals surface area contributed by atoms with Gasteiger partial charge in [-0.25, -0.2) is 13.1 Å². The van der Waals surface area contributed by atoms with Crippen LogP contribution in [-0.4, -0.2) is 32.7 Å². The van der Waals surface area contributed by atoms with Crippen molar-refractivity contribution < 1.29 is 8.42 Å². The van der Waals surface area contributed by atoms with E-state index in [0.29, 0.717) is 12.6 Å². The fourth-order valence-electron chi connectivity index (χ4n) is 1.45. The van der Waals surface area contributed by atoms with Gasteiger partial charge in [0, 0.05) is 19.1 Å². The molecular formula is C13H22N2O2S. The van der Waals surface area contributed by atoms with Crippen LogP contribution in [0, 0.1) is 0 Å². The monoisotopic (exact) mass is 270 g/mol. The Morgan fingerprint density at radius 1 is 1.17 bits per heavy atom. The second-order valence-electron chi connectivity index (χ2n) is 4.92. The van der Waals surface area contributed by atoms with Crippen molar-refractivity contribution >= 4 is 10.0 Å². The maximum Gasteiger partial charge on any atom is 0.209 e. The van der Waals surface area contributed by atoms with Gasteiger partial charge in [-0.2, -0.15) is 0 Å². The average Bonchev–Trinajstić information content (AvgIpc) is 2.27. The Morgan fingerprint density at radius 3 is 2.11 bits per heavy atom. The van der Waals surface area contributed by atoms with E-state index >= 15 is 0 Å². The third kappa shape index (κ3) is 5.62. The van der Waals surface area contributed by atoms with Crippen LogP contribution in [0.15, 0.2) is 24.3 Å². The summed E-state index contributed by atoms with van der Waals surface area (Å²) in [6.07, 6.45) is 1.17. The van der Waals surface area contributed by atoms with Crippen molar-refractivity contribution in [2.24, 2.45) is 0 Å². The summed E-state index contributed by atoms with van der Waals surface area (Å²) in [5, 5.41) is 0.